The van der Waals surface area contributed by atoms with Crippen LogP contribution in [0.25, 0.3) is 0 Å². The number of nitrogens with zero attached hydrogens (tertiary/aromatic N) is 3. The normalized spacial score (nSPS) is 11.8. The van der Waals surface area contributed by atoms with E-state index in [9.17, 15) is 9.59 Å². The fourth-order valence-corrected chi connectivity index (χ4v) is 4.68. The van der Waals surface area contributed by atoms with Crippen molar-refractivity contribution in [2.75, 3.05) is 18.2 Å². The lowest BCUT2D eigenvalue weighted by Crippen LogP contribution is -2.16. The molecule has 11 heteroatoms. The Morgan fingerprint density at radius 3 is 2.81 bits per heavy atom. The first-order chi connectivity index (χ1) is 15.3. The molecule has 1 N–H and O–H groups in total. The lowest BCUT2D eigenvalue weighted by Gasteiger charge is -2.16. The van der Waals surface area contributed by atoms with Crippen molar-refractivity contribution in [3.8, 4) is 5.75 Å². The summed E-state index contributed by atoms with van der Waals surface area (Å²) in [4.78, 5) is 24.2. The number of benzene rings is 1. The molecule has 2 aromatic heterocycles. The average molecular weight is 495 g/mol. The molecule has 32 heavy (non-hydrogen) atoms. The summed E-state index contributed by atoms with van der Waals surface area (Å²) < 4.78 is 12.7. The molecule has 0 bridgehead atoms. The van der Waals surface area contributed by atoms with E-state index in [0.717, 1.165) is 5.56 Å². The van der Waals surface area contributed by atoms with Crippen molar-refractivity contribution in [1.82, 2.24) is 14.8 Å². The SMILES string of the molecule is CCn1c(SCC(=O)Nc2sccc2C(=O)OC)nnc1C(C)Oc1cc(C)ccc1Cl. The van der Waals surface area contributed by atoms with Crippen LogP contribution in [-0.4, -0.2) is 39.5 Å². The molecule has 0 aliphatic carbocycles. The summed E-state index contributed by atoms with van der Waals surface area (Å²) in [7, 11) is 1.30. The Hall–Kier alpha value is -2.56. The second-order valence-corrected chi connectivity index (χ2v) is 9.04. The summed E-state index contributed by atoms with van der Waals surface area (Å²) in [6, 6.07) is 7.20. The summed E-state index contributed by atoms with van der Waals surface area (Å²) in [5, 5.41) is 14.5. The summed E-state index contributed by atoms with van der Waals surface area (Å²) in [5.74, 6) is 0.572. The zero-order valence-corrected chi connectivity index (χ0v) is 20.4. The Morgan fingerprint density at radius 2 is 2.09 bits per heavy atom. The maximum absolute atomic E-state index is 12.4. The molecule has 0 radical (unpaired) electrons. The van der Waals surface area contributed by atoms with Crippen molar-refractivity contribution in [3.05, 3.63) is 51.6 Å². The number of carbonyl (C=O) groups is 2. The maximum Gasteiger partial charge on any atom is 0.340 e. The van der Waals surface area contributed by atoms with E-state index in [0.29, 0.717) is 38.9 Å². The fourth-order valence-electron chi connectivity index (χ4n) is 2.92. The summed E-state index contributed by atoms with van der Waals surface area (Å²) in [6.45, 7) is 6.42. The van der Waals surface area contributed by atoms with Gasteiger partial charge in [0.25, 0.3) is 0 Å². The second-order valence-electron chi connectivity index (χ2n) is 6.77. The number of rotatable bonds is 9. The number of hydrogen-bond donors (Lipinski definition) is 1. The van der Waals surface area contributed by atoms with E-state index >= 15 is 0 Å². The maximum atomic E-state index is 12.4. The minimum atomic E-state index is -0.493. The van der Waals surface area contributed by atoms with Crippen LogP contribution in [0.4, 0.5) is 5.00 Å². The Bertz CT molecular complexity index is 1120. The summed E-state index contributed by atoms with van der Waals surface area (Å²) in [5.41, 5.74) is 1.37. The van der Waals surface area contributed by atoms with Gasteiger partial charge < -0.3 is 19.4 Å². The Balaban J connectivity index is 1.66. The molecule has 170 valence electrons. The van der Waals surface area contributed by atoms with Gasteiger partial charge in [-0.3, -0.25) is 4.79 Å². The first-order valence-electron chi connectivity index (χ1n) is 9.78. The van der Waals surface area contributed by atoms with E-state index < -0.39 is 12.1 Å². The van der Waals surface area contributed by atoms with Gasteiger partial charge in [0.15, 0.2) is 17.1 Å². The van der Waals surface area contributed by atoms with Crippen LogP contribution in [0.1, 0.15) is 41.7 Å². The molecule has 1 unspecified atom stereocenters. The van der Waals surface area contributed by atoms with E-state index in [2.05, 4.69) is 15.5 Å². The van der Waals surface area contributed by atoms with Crippen molar-refractivity contribution >= 4 is 51.6 Å². The smallest absolute Gasteiger partial charge is 0.340 e. The van der Waals surface area contributed by atoms with Crippen molar-refractivity contribution in [3.63, 3.8) is 0 Å². The highest BCUT2D eigenvalue weighted by molar-refractivity contribution is 7.99. The number of nitrogens with one attached hydrogen (secondary N) is 1. The van der Waals surface area contributed by atoms with Crippen molar-refractivity contribution < 1.29 is 19.1 Å². The lowest BCUT2D eigenvalue weighted by molar-refractivity contribution is -0.113. The Labute approximate surface area is 199 Å². The number of thiophene rings is 1. The van der Waals surface area contributed by atoms with Gasteiger partial charge in [-0.1, -0.05) is 29.4 Å². The number of aryl methyl sites for hydroxylation is 1. The first-order valence-corrected chi connectivity index (χ1v) is 12.0. The van der Waals surface area contributed by atoms with Gasteiger partial charge in [0.1, 0.15) is 10.8 Å². The third-order valence-electron chi connectivity index (χ3n) is 4.47. The molecule has 1 aromatic carbocycles. The van der Waals surface area contributed by atoms with Crippen LogP contribution >= 0.6 is 34.7 Å². The molecule has 3 rings (SSSR count). The monoisotopic (exact) mass is 494 g/mol. The van der Waals surface area contributed by atoms with Crippen molar-refractivity contribution in [2.45, 2.75) is 38.6 Å². The molecule has 2 heterocycles. The third kappa shape index (κ3) is 5.62. The number of carbonyl (C=O) groups excluding carboxylic acids is 2. The number of hydrogen-bond acceptors (Lipinski definition) is 8. The molecule has 1 amide bonds. The number of halogens is 1. The number of anilines is 1. The quantitative estimate of drug-likeness (QED) is 0.331. The highest BCUT2D eigenvalue weighted by Gasteiger charge is 2.21. The standard InChI is InChI=1S/C21H23ClN4O4S2/c1-5-26-18(13(3)30-16-10-12(2)6-7-15(16)22)24-25-21(26)32-11-17(27)23-19-14(8-9-31-19)20(28)29-4/h6-10,13H,5,11H2,1-4H3,(H,23,27). The molecule has 0 spiro atoms. The van der Waals surface area contributed by atoms with E-state index in [4.69, 9.17) is 21.1 Å². The van der Waals surface area contributed by atoms with Crippen LogP contribution in [0.15, 0.2) is 34.8 Å². The van der Waals surface area contributed by atoms with Gasteiger partial charge in [-0.15, -0.1) is 21.5 Å². The van der Waals surface area contributed by atoms with Crippen LogP contribution < -0.4 is 10.1 Å². The van der Waals surface area contributed by atoms with Gasteiger partial charge in [-0.2, -0.15) is 0 Å². The van der Waals surface area contributed by atoms with Crippen molar-refractivity contribution in [1.29, 1.82) is 0 Å². The van der Waals surface area contributed by atoms with Crippen LogP contribution in [0.3, 0.4) is 0 Å². The highest BCUT2D eigenvalue weighted by Crippen LogP contribution is 2.31. The predicted molar refractivity (Wildman–Crippen MR) is 126 cm³/mol. The topological polar surface area (TPSA) is 95.3 Å². The molecule has 0 aliphatic heterocycles. The third-order valence-corrected chi connectivity index (χ3v) is 6.58. The molecule has 0 saturated carbocycles. The minimum Gasteiger partial charge on any atom is -0.481 e. The van der Waals surface area contributed by atoms with Gasteiger partial charge in [0, 0.05) is 6.54 Å². The number of methoxy groups -OCH3 is 1. The summed E-state index contributed by atoms with van der Waals surface area (Å²) in [6.07, 6.45) is -0.390. The molecular formula is C21H23ClN4O4S2. The molecule has 0 fully saturated rings. The molecular weight excluding hydrogens is 472 g/mol. The lowest BCUT2D eigenvalue weighted by atomic mass is 10.2. The van der Waals surface area contributed by atoms with Gasteiger partial charge in [0.2, 0.25) is 5.91 Å². The molecule has 8 nitrogen and oxygen atoms in total. The van der Waals surface area contributed by atoms with Crippen LogP contribution in [-0.2, 0) is 16.1 Å². The number of amides is 1. The first kappa shape index (κ1) is 24.1. The number of thioether (sulfide) groups is 1. The van der Waals surface area contributed by atoms with Gasteiger partial charge in [-0.25, -0.2) is 4.79 Å². The van der Waals surface area contributed by atoms with Gasteiger partial charge in [0.05, 0.1) is 23.4 Å². The van der Waals surface area contributed by atoms with Gasteiger partial charge in [-0.05, 0) is 49.9 Å². The molecule has 1 atom stereocenters. The average Bonchev–Trinajstić information content (AvgIpc) is 3.40. The van der Waals surface area contributed by atoms with Crippen LogP contribution in [0.5, 0.6) is 5.75 Å². The highest BCUT2D eigenvalue weighted by atomic mass is 35.5. The molecule has 0 saturated heterocycles. The number of esters is 1. The largest absolute Gasteiger partial charge is 0.481 e. The zero-order chi connectivity index (χ0) is 23.3. The number of aromatic nitrogens is 3. The minimum absolute atomic E-state index is 0.107. The van der Waals surface area contributed by atoms with Crippen LogP contribution in [0.2, 0.25) is 5.02 Å². The second kappa shape index (κ2) is 10.8. The Morgan fingerprint density at radius 1 is 1.31 bits per heavy atom. The fraction of sp³-hybridized carbons (Fsp3) is 0.333. The van der Waals surface area contributed by atoms with Crippen molar-refractivity contribution in [2.24, 2.45) is 0 Å². The number of ether oxygens (including phenoxy) is 2. The van der Waals surface area contributed by atoms with E-state index in [1.165, 1.54) is 30.2 Å². The van der Waals surface area contributed by atoms with Gasteiger partial charge >= 0.3 is 5.97 Å². The summed E-state index contributed by atoms with van der Waals surface area (Å²) >= 11 is 8.76. The van der Waals surface area contributed by atoms with Crippen LogP contribution in [0, 0.1) is 6.92 Å². The van der Waals surface area contributed by atoms with E-state index in [-0.39, 0.29) is 11.7 Å². The van der Waals surface area contributed by atoms with E-state index in [1.54, 1.807) is 17.5 Å². The van der Waals surface area contributed by atoms with E-state index in [1.807, 2.05) is 37.5 Å². The Kier molecular flexibility index (Phi) is 8.16. The molecule has 3 aromatic rings. The zero-order valence-electron chi connectivity index (χ0n) is 18.0. The predicted octanol–water partition coefficient (Wildman–Crippen LogP) is 4.98. The molecule has 0 aliphatic rings.